The molecule has 3 aliphatic heterocycles. The van der Waals surface area contributed by atoms with Crippen LogP contribution in [0.5, 0.6) is 11.5 Å². The molecule has 48 heavy (non-hydrogen) atoms. The minimum Gasteiger partial charge on any atom is -0.490 e. The van der Waals surface area contributed by atoms with Crippen LogP contribution in [0.4, 0.5) is 16.2 Å². The first kappa shape index (κ1) is 31.0. The number of hydrogen-bond acceptors (Lipinski definition) is 6. The summed E-state index contributed by atoms with van der Waals surface area (Å²) in [6.07, 6.45) is 4.95. The molecule has 0 aromatic heterocycles. The predicted molar refractivity (Wildman–Crippen MR) is 187 cm³/mol. The van der Waals surface area contributed by atoms with E-state index >= 15 is 0 Å². The summed E-state index contributed by atoms with van der Waals surface area (Å²) >= 11 is 0. The molecule has 7 rings (SSSR count). The molecule has 8 heteroatoms. The van der Waals surface area contributed by atoms with Crippen LogP contribution in [0, 0.1) is 0 Å². The molecule has 8 nitrogen and oxygen atoms in total. The summed E-state index contributed by atoms with van der Waals surface area (Å²) in [5.74, 6) is -0.262. The number of imide groups is 2. The van der Waals surface area contributed by atoms with E-state index in [4.69, 9.17) is 9.47 Å². The molecule has 1 saturated heterocycles. The SMILES string of the molecule is C=CCOc1ccc(/C=C2\C(=O)NC(=O)N(c3cc4c5c(c3)[C@@H](c3ccccc3)CCN5CC[C@@H]4c3ccccc3)C2=O)cc1OCC. The van der Waals surface area contributed by atoms with Crippen molar-refractivity contribution in [3.63, 3.8) is 0 Å². The highest BCUT2D eigenvalue weighted by Gasteiger charge is 2.40. The van der Waals surface area contributed by atoms with Crippen molar-refractivity contribution in [2.75, 3.05) is 36.1 Å². The maximum Gasteiger partial charge on any atom is 0.335 e. The lowest BCUT2D eigenvalue weighted by Crippen LogP contribution is -2.54. The van der Waals surface area contributed by atoms with E-state index in [0.717, 1.165) is 42.0 Å². The number of rotatable bonds is 9. The number of ether oxygens (including phenoxy) is 2. The number of anilines is 2. The second kappa shape index (κ2) is 13.2. The van der Waals surface area contributed by atoms with Crippen LogP contribution in [0.3, 0.4) is 0 Å². The van der Waals surface area contributed by atoms with Crippen molar-refractivity contribution in [2.45, 2.75) is 31.6 Å². The average Bonchev–Trinajstić information content (AvgIpc) is 3.11. The van der Waals surface area contributed by atoms with Crippen molar-refractivity contribution in [3.05, 3.63) is 137 Å². The van der Waals surface area contributed by atoms with Gasteiger partial charge in [-0.1, -0.05) is 79.4 Å². The molecule has 4 aromatic carbocycles. The van der Waals surface area contributed by atoms with Crippen LogP contribution < -0.4 is 24.6 Å². The quantitative estimate of drug-likeness (QED) is 0.119. The average molecular weight is 640 g/mol. The van der Waals surface area contributed by atoms with E-state index in [2.05, 4.69) is 41.1 Å². The summed E-state index contributed by atoms with van der Waals surface area (Å²) in [6, 6.07) is 29.1. The van der Waals surface area contributed by atoms with Gasteiger partial charge in [0.15, 0.2) is 11.5 Å². The first-order valence-electron chi connectivity index (χ1n) is 16.4. The lowest BCUT2D eigenvalue weighted by molar-refractivity contribution is -0.122. The number of hydrogen-bond donors (Lipinski definition) is 1. The number of barbiturate groups is 1. The summed E-state index contributed by atoms with van der Waals surface area (Å²) < 4.78 is 11.5. The predicted octanol–water partition coefficient (Wildman–Crippen LogP) is 7.19. The molecular formula is C40H37N3O5. The minimum atomic E-state index is -0.770. The van der Waals surface area contributed by atoms with E-state index in [1.807, 2.05) is 55.5 Å². The van der Waals surface area contributed by atoms with Crippen LogP contribution in [-0.2, 0) is 9.59 Å². The molecule has 0 saturated carbocycles. The summed E-state index contributed by atoms with van der Waals surface area (Å²) in [5.41, 5.74) is 6.57. The number of carbonyl (C=O) groups is 3. The maximum absolute atomic E-state index is 14.2. The molecule has 4 aromatic rings. The number of benzene rings is 4. The van der Waals surface area contributed by atoms with Gasteiger partial charge in [-0.15, -0.1) is 0 Å². The molecule has 1 fully saturated rings. The van der Waals surface area contributed by atoms with Gasteiger partial charge in [-0.25, -0.2) is 9.69 Å². The van der Waals surface area contributed by atoms with E-state index in [0.29, 0.717) is 36.0 Å². The number of nitrogens with zero attached hydrogens (tertiary/aromatic N) is 2. The number of urea groups is 1. The molecule has 0 radical (unpaired) electrons. The Bertz CT molecular complexity index is 1850. The van der Waals surface area contributed by atoms with Crippen molar-refractivity contribution in [1.29, 1.82) is 0 Å². The molecule has 0 bridgehead atoms. The van der Waals surface area contributed by atoms with Crippen LogP contribution >= 0.6 is 0 Å². The lowest BCUT2D eigenvalue weighted by atomic mass is 9.76. The Morgan fingerprint density at radius 2 is 1.44 bits per heavy atom. The molecule has 242 valence electrons. The maximum atomic E-state index is 14.2. The van der Waals surface area contributed by atoms with E-state index < -0.39 is 17.8 Å². The van der Waals surface area contributed by atoms with Crippen molar-refractivity contribution in [3.8, 4) is 11.5 Å². The van der Waals surface area contributed by atoms with Gasteiger partial charge in [-0.2, -0.15) is 0 Å². The fraction of sp³-hybridized carbons (Fsp3) is 0.225. The van der Waals surface area contributed by atoms with Gasteiger partial charge < -0.3 is 14.4 Å². The van der Waals surface area contributed by atoms with Gasteiger partial charge in [0.1, 0.15) is 12.2 Å². The third-order valence-electron chi connectivity index (χ3n) is 9.30. The Balaban J connectivity index is 1.34. The lowest BCUT2D eigenvalue weighted by Gasteiger charge is -2.44. The Morgan fingerprint density at radius 3 is 2.02 bits per heavy atom. The fourth-order valence-corrected chi connectivity index (χ4v) is 7.18. The van der Waals surface area contributed by atoms with Gasteiger partial charge in [0.25, 0.3) is 11.8 Å². The third kappa shape index (κ3) is 5.74. The zero-order valence-electron chi connectivity index (χ0n) is 26.9. The highest BCUT2D eigenvalue weighted by molar-refractivity contribution is 6.39. The van der Waals surface area contributed by atoms with E-state index in [1.54, 1.807) is 24.3 Å². The Hall–Kier alpha value is -5.63. The Morgan fingerprint density at radius 1 is 0.812 bits per heavy atom. The summed E-state index contributed by atoms with van der Waals surface area (Å²) in [7, 11) is 0. The summed E-state index contributed by atoms with van der Waals surface area (Å²) in [6.45, 7) is 8.10. The molecule has 3 heterocycles. The number of carbonyl (C=O) groups excluding carboxylic acids is 3. The molecule has 0 aliphatic carbocycles. The molecule has 3 aliphatic rings. The number of amides is 4. The van der Waals surface area contributed by atoms with Crippen molar-refractivity contribution >= 4 is 35.3 Å². The highest BCUT2D eigenvalue weighted by Crippen LogP contribution is 2.50. The van der Waals surface area contributed by atoms with Crippen LogP contribution in [-0.4, -0.2) is 44.1 Å². The first-order chi connectivity index (χ1) is 23.5. The summed E-state index contributed by atoms with van der Waals surface area (Å²) in [5, 5.41) is 2.42. The minimum absolute atomic E-state index is 0.0871. The van der Waals surface area contributed by atoms with Gasteiger partial charge in [-0.05, 0) is 77.9 Å². The zero-order chi connectivity index (χ0) is 33.2. The molecule has 0 unspecified atom stereocenters. The van der Waals surface area contributed by atoms with Crippen molar-refractivity contribution in [2.24, 2.45) is 0 Å². The fourth-order valence-electron chi connectivity index (χ4n) is 7.18. The van der Waals surface area contributed by atoms with Gasteiger partial charge in [-0.3, -0.25) is 14.9 Å². The van der Waals surface area contributed by atoms with Crippen LogP contribution in [0.25, 0.3) is 6.08 Å². The second-order valence-corrected chi connectivity index (χ2v) is 12.2. The molecular weight excluding hydrogens is 602 g/mol. The Kier molecular flexibility index (Phi) is 8.55. The van der Waals surface area contributed by atoms with Crippen LogP contribution in [0.2, 0.25) is 0 Å². The second-order valence-electron chi connectivity index (χ2n) is 12.2. The topological polar surface area (TPSA) is 88.2 Å². The smallest absolute Gasteiger partial charge is 0.335 e. The van der Waals surface area contributed by atoms with Crippen molar-refractivity contribution in [1.82, 2.24) is 5.32 Å². The van der Waals surface area contributed by atoms with Gasteiger partial charge in [0, 0.05) is 30.6 Å². The Labute approximate surface area is 280 Å². The van der Waals surface area contributed by atoms with Gasteiger partial charge in [0.2, 0.25) is 0 Å². The van der Waals surface area contributed by atoms with Gasteiger partial charge in [0.05, 0.1) is 12.3 Å². The van der Waals surface area contributed by atoms with Gasteiger partial charge >= 0.3 is 6.03 Å². The molecule has 4 amide bonds. The monoisotopic (exact) mass is 639 g/mol. The zero-order valence-corrected chi connectivity index (χ0v) is 26.9. The van der Waals surface area contributed by atoms with Crippen molar-refractivity contribution < 1.29 is 23.9 Å². The van der Waals surface area contributed by atoms with Crippen LogP contribution in [0.15, 0.2) is 109 Å². The third-order valence-corrected chi connectivity index (χ3v) is 9.30. The normalized spacial score (nSPS) is 19.5. The number of nitrogens with one attached hydrogen (secondary N) is 1. The van der Waals surface area contributed by atoms with Crippen LogP contribution in [0.1, 0.15) is 59.4 Å². The molecule has 2 atom stereocenters. The molecule has 1 N–H and O–H groups in total. The van der Waals surface area contributed by atoms with E-state index in [-0.39, 0.29) is 17.4 Å². The standard InChI is InChI=1S/C40H37N3O5/c1-3-21-48-35-16-15-26(23-36(35)47-4-2)22-34-38(44)41-40(46)43(39(34)45)29-24-32-30(27-11-7-5-8-12-27)17-19-42-20-18-31(33(25-29)37(32)42)28-13-9-6-10-14-28/h3,5-16,22-25,30-31H,1,4,17-21H2,2H3,(H,41,44,46)/b34-22+/t30-,31-/m1/s1. The highest BCUT2D eigenvalue weighted by atomic mass is 16.5. The van der Waals surface area contributed by atoms with E-state index in [1.165, 1.54) is 22.9 Å². The first-order valence-corrected chi connectivity index (χ1v) is 16.4. The largest absolute Gasteiger partial charge is 0.490 e. The summed E-state index contributed by atoms with van der Waals surface area (Å²) in [4.78, 5) is 44.5. The molecule has 0 spiro atoms. The van der Waals surface area contributed by atoms with E-state index in [9.17, 15) is 14.4 Å².